The standard InChI is InChI=1S/C25H30N4O5S2/c30-23(26-16-17-9-12-28(13-10-17)36(33,34)20-6-7-20)24(31)27-19-5-8-21-18(15-19)3-1-11-29(21)25(32)22-4-2-14-35-22/h2,4-5,8,14-15,17,20H,1,3,6-7,9-13,16H2,(H,26,30)(H,27,31). The Kier molecular flexibility index (Phi) is 7.14. The molecule has 0 spiro atoms. The van der Waals surface area contributed by atoms with Gasteiger partial charge in [0, 0.05) is 37.6 Å². The van der Waals surface area contributed by atoms with E-state index in [9.17, 15) is 22.8 Å². The number of nitrogens with one attached hydrogen (secondary N) is 2. The van der Waals surface area contributed by atoms with E-state index in [1.165, 1.54) is 11.3 Å². The zero-order valence-corrected chi connectivity index (χ0v) is 21.6. The predicted molar refractivity (Wildman–Crippen MR) is 139 cm³/mol. The largest absolute Gasteiger partial charge is 0.348 e. The molecule has 2 aromatic rings. The van der Waals surface area contributed by atoms with Crippen LogP contribution in [0, 0.1) is 5.92 Å². The van der Waals surface area contributed by atoms with Gasteiger partial charge in [-0.1, -0.05) is 6.07 Å². The first-order valence-corrected chi connectivity index (χ1v) is 14.8. The molecule has 0 bridgehead atoms. The highest BCUT2D eigenvalue weighted by Crippen LogP contribution is 2.33. The van der Waals surface area contributed by atoms with Crippen LogP contribution in [0.2, 0.25) is 0 Å². The van der Waals surface area contributed by atoms with E-state index in [4.69, 9.17) is 0 Å². The van der Waals surface area contributed by atoms with Gasteiger partial charge in [0.2, 0.25) is 10.0 Å². The van der Waals surface area contributed by atoms with Crippen LogP contribution < -0.4 is 15.5 Å². The number of carbonyl (C=O) groups is 3. The third-order valence-corrected chi connectivity index (χ3v) is 10.3. The van der Waals surface area contributed by atoms with Gasteiger partial charge in [0.15, 0.2) is 0 Å². The summed E-state index contributed by atoms with van der Waals surface area (Å²) in [5.74, 6) is -1.35. The van der Waals surface area contributed by atoms with Gasteiger partial charge in [-0.15, -0.1) is 11.3 Å². The van der Waals surface area contributed by atoms with Gasteiger partial charge in [-0.3, -0.25) is 14.4 Å². The van der Waals surface area contributed by atoms with E-state index in [1.54, 1.807) is 15.3 Å². The summed E-state index contributed by atoms with van der Waals surface area (Å²) in [4.78, 5) is 40.2. The first-order chi connectivity index (χ1) is 17.3. The number of aryl methyl sites for hydroxylation is 1. The van der Waals surface area contributed by atoms with Crippen LogP contribution in [-0.4, -0.2) is 61.9 Å². The molecular formula is C25H30N4O5S2. The minimum atomic E-state index is -3.16. The second kappa shape index (κ2) is 10.3. The van der Waals surface area contributed by atoms with Crippen molar-refractivity contribution in [2.75, 3.05) is 36.4 Å². The maximum atomic E-state index is 12.9. The molecule has 0 unspecified atom stereocenters. The zero-order chi connectivity index (χ0) is 25.3. The number of benzene rings is 1. The molecule has 0 atom stereocenters. The van der Waals surface area contributed by atoms with Crippen LogP contribution in [-0.2, 0) is 26.0 Å². The Morgan fingerprint density at radius 3 is 2.47 bits per heavy atom. The highest BCUT2D eigenvalue weighted by molar-refractivity contribution is 7.90. The van der Waals surface area contributed by atoms with Gasteiger partial charge in [-0.25, -0.2) is 12.7 Å². The smallest absolute Gasteiger partial charge is 0.313 e. The molecular weight excluding hydrogens is 500 g/mol. The Labute approximate surface area is 214 Å². The molecule has 1 aromatic heterocycles. The SMILES string of the molecule is O=C(NCC1CCN(S(=O)(=O)C2CC2)CC1)C(=O)Nc1ccc2c(c1)CCCN2C(=O)c1cccs1. The Morgan fingerprint density at radius 2 is 1.78 bits per heavy atom. The molecule has 0 radical (unpaired) electrons. The molecule has 2 fully saturated rings. The highest BCUT2D eigenvalue weighted by Gasteiger charge is 2.41. The van der Waals surface area contributed by atoms with Crippen molar-refractivity contribution in [2.45, 2.75) is 43.8 Å². The fourth-order valence-electron chi connectivity index (χ4n) is 4.87. The number of rotatable bonds is 6. The Balaban J connectivity index is 1.12. The first-order valence-electron chi connectivity index (χ1n) is 12.4. The number of carbonyl (C=O) groups excluding carboxylic acids is 3. The van der Waals surface area contributed by atoms with E-state index in [1.807, 2.05) is 29.6 Å². The second-order valence-corrected chi connectivity index (χ2v) is 12.8. The minimum absolute atomic E-state index is 0.0296. The average Bonchev–Trinajstić information content (AvgIpc) is 3.62. The van der Waals surface area contributed by atoms with E-state index < -0.39 is 21.8 Å². The van der Waals surface area contributed by atoms with Gasteiger partial charge < -0.3 is 15.5 Å². The molecule has 192 valence electrons. The summed E-state index contributed by atoms with van der Waals surface area (Å²) in [7, 11) is -3.16. The van der Waals surface area contributed by atoms with Crippen LogP contribution in [0.15, 0.2) is 35.7 Å². The fourth-order valence-corrected chi connectivity index (χ4v) is 7.41. The predicted octanol–water partition coefficient (Wildman–Crippen LogP) is 2.60. The van der Waals surface area contributed by atoms with Gasteiger partial charge in [-0.2, -0.15) is 0 Å². The maximum absolute atomic E-state index is 12.9. The van der Waals surface area contributed by atoms with E-state index in [0.717, 1.165) is 36.9 Å². The molecule has 1 saturated carbocycles. The minimum Gasteiger partial charge on any atom is -0.348 e. The molecule has 3 amide bonds. The van der Waals surface area contributed by atoms with Crippen molar-refractivity contribution in [3.8, 4) is 0 Å². The number of fused-ring (bicyclic) bond motifs is 1. The lowest BCUT2D eigenvalue weighted by molar-refractivity contribution is -0.136. The summed E-state index contributed by atoms with van der Waals surface area (Å²) in [6.45, 7) is 1.91. The Bertz CT molecular complexity index is 1250. The van der Waals surface area contributed by atoms with Gasteiger partial charge in [0.1, 0.15) is 0 Å². The Hall–Kier alpha value is -2.76. The molecule has 3 aliphatic rings. The third-order valence-electron chi connectivity index (χ3n) is 7.07. The zero-order valence-electron chi connectivity index (χ0n) is 19.9. The number of sulfonamides is 1. The average molecular weight is 531 g/mol. The van der Waals surface area contributed by atoms with Crippen LogP contribution in [0.25, 0.3) is 0 Å². The summed E-state index contributed by atoms with van der Waals surface area (Å²) >= 11 is 1.41. The number of hydrogen-bond donors (Lipinski definition) is 2. The van der Waals surface area contributed by atoms with Gasteiger partial charge in [0.25, 0.3) is 5.91 Å². The summed E-state index contributed by atoms with van der Waals surface area (Å²) in [6, 6.07) is 9.02. The van der Waals surface area contributed by atoms with E-state index in [2.05, 4.69) is 10.6 Å². The van der Waals surface area contributed by atoms with Crippen LogP contribution >= 0.6 is 11.3 Å². The van der Waals surface area contributed by atoms with Crippen molar-refractivity contribution < 1.29 is 22.8 Å². The fraction of sp³-hybridized carbons (Fsp3) is 0.480. The lowest BCUT2D eigenvalue weighted by atomic mass is 9.98. The van der Waals surface area contributed by atoms with Gasteiger partial charge in [-0.05, 0) is 79.7 Å². The number of thiophene rings is 1. The van der Waals surface area contributed by atoms with Crippen molar-refractivity contribution in [3.05, 3.63) is 46.2 Å². The lowest BCUT2D eigenvalue weighted by Crippen LogP contribution is -2.44. The first kappa shape index (κ1) is 24.9. The van der Waals surface area contributed by atoms with Gasteiger partial charge >= 0.3 is 11.8 Å². The summed E-state index contributed by atoms with van der Waals surface area (Å²) in [5.41, 5.74) is 2.30. The van der Waals surface area contributed by atoms with Crippen LogP contribution in [0.1, 0.15) is 47.3 Å². The van der Waals surface area contributed by atoms with Crippen molar-refractivity contribution in [1.82, 2.24) is 9.62 Å². The van der Waals surface area contributed by atoms with E-state index in [-0.39, 0.29) is 17.1 Å². The number of amides is 3. The van der Waals surface area contributed by atoms with Crippen molar-refractivity contribution >= 4 is 50.5 Å². The molecule has 2 aliphatic heterocycles. The van der Waals surface area contributed by atoms with Crippen LogP contribution in [0.4, 0.5) is 11.4 Å². The molecule has 9 nitrogen and oxygen atoms in total. The molecule has 36 heavy (non-hydrogen) atoms. The van der Waals surface area contributed by atoms with Crippen molar-refractivity contribution in [1.29, 1.82) is 0 Å². The molecule has 2 N–H and O–H groups in total. The number of nitrogens with zero attached hydrogens (tertiary/aromatic N) is 2. The highest BCUT2D eigenvalue weighted by atomic mass is 32.2. The lowest BCUT2D eigenvalue weighted by Gasteiger charge is -2.31. The molecule has 1 aromatic carbocycles. The molecule has 11 heteroatoms. The van der Waals surface area contributed by atoms with E-state index in [0.29, 0.717) is 49.6 Å². The molecule has 1 saturated heterocycles. The number of hydrogen-bond acceptors (Lipinski definition) is 6. The third kappa shape index (κ3) is 5.33. The van der Waals surface area contributed by atoms with E-state index >= 15 is 0 Å². The Morgan fingerprint density at radius 1 is 1.00 bits per heavy atom. The summed E-state index contributed by atoms with van der Waals surface area (Å²) in [6.07, 6.45) is 4.45. The summed E-state index contributed by atoms with van der Waals surface area (Å²) < 4.78 is 26.3. The molecule has 5 rings (SSSR count). The van der Waals surface area contributed by atoms with Gasteiger partial charge in [0.05, 0.1) is 10.1 Å². The second-order valence-electron chi connectivity index (χ2n) is 9.63. The summed E-state index contributed by atoms with van der Waals surface area (Å²) in [5, 5.41) is 7.02. The number of piperidine rings is 1. The quantitative estimate of drug-likeness (QED) is 0.557. The van der Waals surface area contributed by atoms with Crippen molar-refractivity contribution in [3.63, 3.8) is 0 Å². The maximum Gasteiger partial charge on any atom is 0.313 e. The molecule has 3 heterocycles. The van der Waals surface area contributed by atoms with Crippen LogP contribution in [0.5, 0.6) is 0 Å². The monoisotopic (exact) mass is 530 g/mol. The normalized spacial score (nSPS) is 18.9. The molecule has 1 aliphatic carbocycles. The van der Waals surface area contributed by atoms with Crippen molar-refractivity contribution in [2.24, 2.45) is 5.92 Å². The topological polar surface area (TPSA) is 116 Å². The van der Waals surface area contributed by atoms with Crippen LogP contribution in [0.3, 0.4) is 0 Å². The number of anilines is 2.